The number of hydrogen-bond donors (Lipinski definition) is 2. The number of aliphatic imine (C=N–C) groups is 1. The third kappa shape index (κ3) is 2.51. The molecule has 6 heteroatoms. The molecule has 1 aliphatic carbocycles. The van der Waals surface area contributed by atoms with Gasteiger partial charge in [-0.25, -0.2) is 10.0 Å². The monoisotopic (exact) mass is 339 g/mol. The van der Waals surface area contributed by atoms with E-state index < -0.39 is 0 Å². The highest BCUT2D eigenvalue weighted by atomic mass is 32.2. The number of hydrogen-bond acceptors (Lipinski definition) is 6. The number of nitrogen functional groups attached to an aromatic ring is 1. The number of anilines is 1. The van der Waals surface area contributed by atoms with Crippen LogP contribution in [-0.4, -0.2) is 23.2 Å². The van der Waals surface area contributed by atoms with Crippen molar-refractivity contribution >= 4 is 29.8 Å². The van der Waals surface area contributed by atoms with E-state index in [9.17, 15) is 0 Å². The van der Waals surface area contributed by atoms with Crippen molar-refractivity contribution in [1.29, 1.82) is 0 Å². The van der Waals surface area contributed by atoms with Gasteiger partial charge < -0.3 is 5.73 Å². The molecular weight excluding hydrogens is 318 g/mol. The molecule has 0 bridgehead atoms. The van der Waals surface area contributed by atoms with Gasteiger partial charge in [-0.15, -0.1) is 0 Å². The largest absolute Gasteiger partial charge is 0.399 e. The molecule has 124 valence electrons. The van der Waals surface area contributed by atoms with Gasteiger partial charge in [0.2, 0.25) is 5.96 Å². The van der Waals surface area contributed by atoms with Gasteiger partial charge in [0.15, 0.2) is 0 Å². The van der Waals surface area contributed by atoms with Gasteiger partial charge in [0.25, 0.3) is 0 Å². The average molecular weight is 339 g/mol. The van der Waals surface area contributed by atoms with Crippen molar-refractivity contribution in [1.82, 2.24) is 9.73 Å². The molecule has 5 nitrogen and oxygen atoms in total. The van der Waals surface area contributed by atoms with E-state index in [4.69, 9.17) is 10.7 Å². The molecule has 3 unspecified atom stereocenters. The number of nitrogens with two attached hydrogens (primary N) is 1. The summed E-state index contributed by atoms with van der Waals surface area (Å²) in [6.07, 6.45) is 9.73. The summed E-state index contributed by atoms with van der Waals surface area (Å²) in [6, 6.07) is 8.07. The Morgan fingerprint density at radius 2 is 2.12 bits per heavy atom. The standard InChI is InChI=1S/C18H21N5S/c1-12-7-9-18(2)15(11-12)21-17(23-16(18)8-10-20-23)22-24-14-5-3-13(19)4-6-14/h3-7,9-12,16H,8,19H2,1-2H3,(H,21,22). The maximum absolute atomic E-state index is 5.74. The summed E-state index contributed by atoms with van der Waals surface area (Å²) in [5.41, 5.74) is 7.55. The van der Waals surface area contributed by atoms with Crippen LogP contribution in [0.2, 0.25) is 0 Å². The Morgan fingerprint density at radius 1 is 1.33 bits per heavy atom. The van der Waals surface area contributed by atoms with E-state index in [1.54, 1.807) is 0 Å². The number of hydrazone groups is 1. The van der Waals surface area contributed by atoms with E-state index in [-0.39, 0.29) is 11.5 Å². The van der Waals surface area contributed by atoms with Crippen molar-refractivity contribution in [2.75, 3.05) is 5.73 Å². The van der Waals surface area contributed by atoms with Crippen LogP contribution in [0.1, 0.15) is 20.3 Å². The number of allylic oxidation sites excluding steroid dienone is 2. The quantitative estimate of drug-likeness (QED) is 0.492. The molecule has 0 spiro atoms. The summed E-state index contributed by atoms with van der Waals surface area (Å²) >= 11 is 1.53. The van der Waals surface area contributed by atoms with Gasteiger partial charge >= 0.3 is 0 Å². The van der Waals surface area contributed by atoms with Crippen LogP contribution in [-0.2, 0) is 0 Å². The molecular formula is C18H21N5S. The molecule has 0 radical (unpaired) electrons. The van der Waals surface area contributed by atoms with E-state index in [0.717, 1.165) is 28.7 Å². The van der Waals surface area contributed by atoms with Gasteiger partial charge in [-0.05, 0) is 49.1 Å². The molecule has 2 aliphatic heterocycles. The second kappa shape index (κ2) is 5.70. The van der Waals surface area contributed by atoms with Crippen molar-refractivity contribution in [3.05, 3.63) is 48.2 Å². The van der Waals surface area contributed by atoms with Gasteiger partial charge in [-0.2, -0.15) is 5.10 Å². The zero-order valence-corrected chi connectivity index (χ0v) is 14.6. The molecule has 0 fully saturated rings. The smallest absolute Gasteiger partial charge is 0.230 e. The van der Waals surface area contributed by atoms with Gasteiger partial charge in [0.05, 0.1) is 17.2 Å². The minimum absolute atomic E-state index is 0.0833. The van der Waals surface area contributed by atoms with Crippen molar-refractivity contribution < 1.29 is 0 Å². The first-order valence-corrected chi connectivity index (χ1v) is 8.98. The fraction of sp³-hybridized carbons (Fsp3) is 0.333. The Kier molecular flexibility index (Phi) is 3.64. The van der Waals surface area contributed by atoms with E-state index in [2.05, 4.69) is 41.9 Å². The second-order valence-electron chi connectivity index (χ2n) is 6.66. The first-order valence-electron chi connectivity index (χ1n) is 8.17. The van der Waals surface area contributed by atoms with Crippen molar-refractivity contribution in [3.63, 3.8) is 0 Å². The van der Waals surface area contributed by atoms with E-state index in [1.807, 2.05) is 35.5 Å². The van der Waals surface area contributed by atoms with Crippen LogP contribution < -0.4 is 10.5 Å². The van der Waals surface area contributed by atoms with Crippen LogP contribution >= 0.6 is 11.9 Å². The number of fused-ring (bicyclic) bond motifs is 3. The third-order valence-corrected chi connectivity index (χ3v) is 5.62. The highest BCUT2D eigenvalue weighted by Crippen LogP contribution is 2.45. The molecule has 4 rings (SSSR count). The lowest BCUT2D eigenvalue weighted by atomic mass is 9.73. The average Bonchev–Trinajstić information content (AvgIpc) is 3.07. The fourth-order valence-electron chi connectivity index (χ4n) is 3.35. The maximum Gasteiger partial charge on any atom is 0.230 e. The van der Waals surface area contributed by atoms with Crippen LogP contribution in [0.15, 0.2) is 63.2 Å². The highest BCUT2D eigenvalue weighted by Gasteiger charge is 2.47. The molecule has 24 heavy (non-hydrogen) atoms. The third-order valence-electron chi connectivity index (χ3n) is 4.82. The molecule has 1 aromatic carbocycles. The number of benzene rings is 1. The predicted molar refractivity (Wildman–Crippen MR) is 101 cm³/mol. The zero-order valence-electron chi connectivity index (χ0n) is 13.8. The first-order chi connectivity index (χ1) is 11.6. The van der Waals surface area contributed by atoms with Crippen molar-refractivity contribution in [2.45, 2.75) is 31.2 Å². The molecule has 3 N–H and O–H groups in total. The molecule has 0 saturated heterocycles. The van der Waals surface area contributed by atoms with Crippen LogP contribution in [0.5, 0.6) is 0 Å². The molecule has 3 atom stereocenters. The van der Waals surface area contributed by atoms with E-state index in [1.165, 1.54) is 11.9 Å². The van der Waals surface area contributed by atoms with Crippen LogP contribution in [0.25, 0.3) is 0 Å². The van der Waals surface area contributed by atoms with Gasteiger partial charge in [-0.1, -0.05) is 25.2 Å². The molecule has 3 aliphatic rings. The fourth-order valence-corrected chi connectivity index (χ4v) is 3.97. The van der Waals surface area contributed by atoms with E-state index >= 15 is 0 Å². The Labute approximate surface area is 146 Å². The summed E-state index contributed by atoms with van der Waals surface area (Å²) in [4.78, 5) is 5.97. The number of rotatable bonds is 2. The maximum atomic E-state index is 5.74. The van der Waals surface area contributed by atoms with Gasteiger partial charge in [-0.3, -0.25) is 4.72 Å². The molecule has 1 aromatic rings. The summed E-state index contributed by atoms with van der Waals surface area (Å²) in [7, 11) is 0. The molecule has 0 saturated carbocycles. The lowest BCUT2D eigenvalue weighted by molar-refractivity contribution is 0.214. The van der Waals surface area contributed by atoms with Crippen LogP contribution in [0.4, 0.5) is 5.69 Å². The Balaban J connectivity index is 1.61. The number of nitrogens with one attached hydrogen (secondary N) is 1. The second-order valence-corrected chi connectivity index (χ2v) is 7.54. The lowest BCUT2D eigenvalue weighted by Gasteiger charge is -2.44. The normalized spacial score (nSPS) is 30.5. The molecule has 0 aromatic heterocycles. The van der Waals surface area contributed by atoms with Gasteiger partial charge in [0.1, 0.15) is 0 Å². The predicted octanol–water partition coefficient (Wildman–Crippen LogP) is 3.39. The molecule has 2 heterocycles. The minimum Gasteiger partial charge on any atom is -0.399 e. The number of guanidine groups is 1. The highest BCUT2D eigenvalue weighted by molar-refractivity contribution is 7.98. The Morgan fingerprint density at radius 3 is 2.92 bits per heavy atom. The first kappa shape index (κ1) is 15.3. The Bertz CT molecular complexity index is 764. The summed E-state index contributed by atoms with van der Waals surface area (Å²) in [5, 5.41) is 6.56. The van der Waals surface area contributed by atoms with Crippen LogP contribution in [0.3, 0.4) is 0 Å². The summed E-state index contributed by atoms with van der Waals surface area (Å²) in [6.45, 7) is 4.44. The zero-order chi connectivity index (χ0) is 16.7. The lowest BCUT2D eigenvalue weighted by Crippen LogP contribution is -2.51. The topological polar surface area (TPSA) is 66.0 Å². The van der Waals surface area contributed by atoms with Crippen molar-refractivity contribution in [3.8, 4) is 0 Å². The Hall–Kier alpha value is -2.21. The van der Waals surface area contributed by atoms with E-state index in [0.29, 0.717) is 5.92 Å². The molecule has 0 amide bonds. The summed E-state index contributed by atoms with van der Waals surface area (Å²) < 4.78 is 3.37. The summed E-state index contributed by atoms with van der Waals surface area (Å²) in [5.74, 6) is 1.21. The SMILES string of the molecule is CC1C=CC2(C)C(=C1)N=C(NSc1ccc(N)cc1)N1N=CCC12. The van der Waals surface area contributed by atoms with Crippen LogP contribution in [0, 0.1) is 11.3 Å². The number of nitrogens with zero attached hydrogens (tertiary/aromatic N) is 3. The van der Waals surface area contributed by atoms with Crippen molar-refractivity contribution in [2.24, 2.45) is 21.4 Å². The van der Waals surface area contributed by atoms with Gasteiger partial charge in [0, 0.05) is 23.2 Å². The minimum atomic E-state index is -0.0833.